The van der Waals surface area contributed by atoms with Crippen molar-refractivity contribution >= 4 is 29.1 Å². The van der Waals surface area contributed by atoms with Gasteiger partial charge in [0.05, 0.1) is 11.3 Å². The molecule has 1 heterocycles. The highest BCUT2D eigenvalue weighted by atomic mass is 32.2. The maximum absolute atomic E-state index is 11.4. The minimum absolute atomic E-state index is 0.161. The Labute approximate surface area is 103 Å². The van der Waals surface area contributed by atoms with E-state index in [9.17, 15) is 9.59 Å². The van der Waals surface area contributed by atoms with Gasteiger partial charge in [-0.1, -0.05) is 6.92 Å². The predicted molar refractivity (Wildman–Crippen MR) is 66.4 cm³/mol. The summed E-state index contributed by atoms with van der Waals surface area (Å²) in [6.07, 6.45) is 0.715. The molecule has 4 nitrogen and oxygen atoms in total. The smallest absolute Gasteiger partial charge is 0.296 e. The topological polar surface area (TPSA) is 66.4 Å². The van der Waals surface area contributed by atoms with Crippen molar-refractivity contribution in [1.29, 1.82) is 0 Å². The van der Waals surface area contributed by atoms with Gasteiger partial charge in [0.1, 0.15) is 0 Å². The van der Waals surface area contributed by atoms with Gasteiger partial charge in [-0.3, -0.25) is 9.59 Å². The number of carbonyl (C=O) groups is 2. The molecule has 2 N–H and O–H groups in total. The van der Waals surface area contributed by atoms with Crippen LogP contribution in [0, 0.1) is 0 Å². The van der Waals surface area contributed by atoms with E-state index in [0.717, 1.165) is 4.90 Å². The van der Waals surface area contributed by atoms with Crippen molar-refractivity contribution in [1.82, 2.24) is 0 Å². The van der Waals surface area contributed by atoms with E-state index in [1.54, 1.807) is 23.9 Å². The van der Waals surface area contributed by atoms with Crippen molar-refractivity contribution in [2.45, 2.75) is 23.5 Å². The van der Waals surface area contributed by atoms with Gasteiger partial charge in [0.2, 0.25) is 0 Å². The number of ketones is 1. The second-order valence-corrected chi connectivity index (χ2v) is 5.44. The van der Waals surface area contributed by atoms with Gasteiger partial charge in [0.25, 0.3) is 11.7 Å². The van der Waals surface area contributed by atoms with Crippen LogP contribution in [0.1, 0.15) is 23.7 Å². The van der Waals surface area contributed by atoms with Crippen molar-refractivity contribution in [3.8, 4) is 0 Å². The van der Waals surface area contributed by atoms with Gasteiger partial charge in [-0.15, -0.1) is 11.8 Å². The number of rotatable bonds is 4. The third-order valence-electron chi connectivity index (χ3n) is 2.56. The molecule has 0 bridgehead atoms. The van der Waals surface area contributed by atoms with Gasteiger partial charge in [-0.2, -0.15) is 0 Å². The minimum Gasteiger partial charge on any atom is -0.396 e. The van der Waals surface area contributed by atoms with E-state index < -0.39 is 11.7 Å². The second kappa shape index (κ2) is 4.89. The largest absolute Gasteiger partial charge is 0.396 e. The highest BCUT2D eigenvalue weighted by molar-refractivity contribution is 7.99. The number of fused-ring (bicyclic) bond motifs is 1. The zero-order valence-electron chi connectivity index (χ0n) is 9.40. The third-order valence-corrected chi connectivity index (χ3v) is 3.73. The van der Waals surface area contributed by atoms with Crippen molar-refractivity contribution in [3.05, 3.63) is 23.8 Å². The van der Waals surface area contributed by atoms with Crippen molar-refractivity contribution < 1.29 is 14.7 Å². The van der Waals surface area contributed by atoms with E-state index in [4.69, 9.17) is 5.11 Å². The molecule has 0 saturated heterocycles. The molecule has 5 heteroatoms. The molecule has 17 heavy (non-hydrogen) atoms. The summed E-state index contributed by atoms with van der Waals surface area (Å²) in [5.41, 5.74) is 1.02. The number of amides is 1. The van der Waals surface area contributed by atoms with Crippen LogP contribution in [0.5, 0.6) is 0 Å². The highest BCUT2D eigenvalue weighted by Crippen LogP contribution is 2.31. The second-order valence-electron chi connectivity index (χ2n) is 3.93. The van der Waals surface area contributed by atoms with Gasteiger partial charge in [0.15, 0.2) is 0 Å². The summed E-state index contributed by atoms with van der Waals surface area (Å²) < 4.78 is 0. The lowest BCUT2D eigenvalue weighted by Crippen LogP contribution is -2.12. The molecule has 1 aliphatic heterocycles. The zero-order valence-corrected chi connectivity index (χ0v) is 10.2. The molecule has 1 aliphatic rings. The fourth-order valence-corrected chi connectivity index (χ4v) is 2.69. The number of benzene rings is 1. The molecular weight excluding hydrogens is 238 g/mol. The SMILES string of the molecule is CC(CCO)Sc1ccc2c(c1)NC(=O)C2=O. The normalized spacial score (nSPS) is 15.6. The lowest BCUT2D eigenvalue weighted by atomic mass is 10.1. The number of thioether (sulfide) groups is 1. The van der Waals surface area contributed by atoms with E-state index in [1.807, 2.05) is 13.0 Å². The van der Waals surface area contributed by atoms with Crippen LogP contribution in [-0.2, 0) is 4.79 Å². The first-order valence-corrected chi connectivity index (χ1v) is 6.27. The number of aliphatic hydroxyl groups excluding tert-OH is 1. The summed E-state index contributed by atoms with van der Waals surface area (Å²) in [6, 6.07) is 5.30. The molecule has 0 aromatic heterocycles. The number of aliphatic hydroxyl groups is 1. The van der Waals surface area contributed by atoms with Crippen LogP contribution >= 0.6 is 11.8 Å². The Bertz CT molecular complexity index is 473. The molecule has 1 aromatic rings. The van der Waals surface area contributed by atoms with Crippen LogP contribution in [0.3, 0.4) is 0 Å². The van der Waals surface area contributed by atoms with E-state index in [-0.39, 0.29) is 6.61 Å². The van der Waals surface area contributed by atoms with Crippen molar-refractivity contribution in [2.24, 2.45) is 0 Å². The van der Waals surface area contributed by atoms with E-state index in [1.165, 1.54) is 0 Å². The number of carbonyl (C=O) groups excluding carboxylic acids is 2. The summed E-state index contributed by atoms with van der Waals surface area (Å²) in [5, 5.41) is 11.7. The fraction of sp³-hybridized carbons (Fsp3) is 0.333. The van der Waals surface area contributed by atoms with Gasteiger partial charge >= 0.3 is 0 Å². The summed E-state index contributed by atoms with van der Waals surface area (Å²) in [5.74, 6) is -1.04. The van der Waals surface area contributed by atoms with E-state index in [2.05, 4.69) is 5.32 Å². The molecule has 0 saturated carbocycles. The maximum Gasteiger partial charge on any atom is 0.296 e. The monoisotopic (exact) mass is 251 g/mol. The standard InChI is InChI=1S/C12H13NO3S/c1-7(4-5-14)17-8-2-3-9-10(6-8)13-12(16)11(9)15/h2-3,6-7,14H,4-5H2,1H3,(H,13,15,16). The summed E-state index contributed by atoms with van der Waals surface area (Å²) >= 11 is 1.61. The number of hydrogen-bond donors (Lipinski definition) is 2. The predicted octanol–water partition coefficient (Wildman–Crippen LogP) is 1.68. The molecular formula is C12H13NO3S. The third kappa shape index (κ3) is 2.50. The molecule has 0 radical (unpaired) electrons. The minimum atomic E-state index is -0.564. The average molecular weight is 251 g/mol. The van der Waals surface area contributed by atoms with Crippen LogP contribution in [0.15, 0.2) is 23.1 Å². The number of nitrogens with one attached hydrogen (secondary N) is 1. The average Bonchev–Trinajstić information content (AvgIpc) is 2.55. The first-order valence-electron chi connectivity index (χ1n) is 5.39. The lowest BCUT2D eigenvalue weighted by molar-refractivity contribution is -0.112. The summed E-state index contributed by atoms with van der Waals surface area (Å²) in [6.45, 7) is 2.19. The molecule has 2 rings (SSSR count). The molecule has 0 spiro atoms. The Morgan fingerprint density at radius 3 is 2.88 bits per heavy atom. The zero-order chi connectivity index (χ0) is 12.4. The molecule has 1 unspecified atom stereocenters. The molecule has 1 amide bonds. The van der Waals surface area contributed by atoms with Crippen LogP contribution in [-0.4, -0.2) is 28.7 Å². The molecule has 1 atom stereocenters. The molecule has 1 aromatic carbocycles. The number of hydrogen-bond acceptors (Lipinski definition) is 4. The molecule has 90 valence electrons. The first-order chi connectivity index (χ1) is 8.11. The van der Waals surface area contributed by atoms with Gasteiger partial charge in [-0.05, 0) is 24.6 Å². The van der Waals surface area contributed by atoms with Gasteiger partial charge in [-0.25, -0.2) is 0 Å². The van der Waals surface area contributed by atoms with Crippen LogP contribution in [0.4, 0.5) is 5.69 Å². The Balaban J connectivity index is 2.16. The highest BCUT2D eigenvalue weighted by Gasteiger charge is 2.27. The van der Waals surface area contributed by atoms with Crippen LogP contribution < -0.4 is 5.32 Å². The van der Waals surface area contributed by atoms with Crippen molar-refractivity contribution in [2.75, 3.05) is 11.9 Å². The molecule has 0 fully saturated rings. The van der Waals surface area contributed by atoms with Crippen LogP contribution in [0.25, 0.3) is 0 Å². The first kappa shape index (κ1) is 12.1. The van der Waals surface area contributed by atoms with E-state index in [0.29, 0.717) is 22.9 Å². The fourth-order valence-electron chi connectivity index (χ4n) is 1.67. The quantitative estimate of drug-likeness (QED) is 0.631. The summed E-state index contributed by atoms with van der Waals surface area (Å²) in [7, 11) is 0. The summed E-state index contributed by atoms with van der Waals surface area (Å²) in [4.78, 5) is 23.5. The van der Waals surface area contributed by atoms with E-state index >= 15 is 0 Å². The Morgan fingerprint density at radius 1 is 1.41 bits per heavy atom. The Kier molecular flexibility index (Phi) is 3.49. The number of anilines is 1. The lowest BCUT2D eigenvalue weighted by Gasteiger charge is -2.09. The van der Waals surface area contributed by atoms with Gasteiger partial charge in [0, 0.05) is 16.8 Å². The Hall–Kier alpha value is -1.33. The maximum atomic E-state index is 11.4. The number of Topliss-reactive ketones (excluding diaryl/α,β-unsaturated/α-hetero) is 1. The molecule has 0 aliphatic carbocycles. The Morgan fingerprint density at radius 2 is 2.18 bits per heavy atom. The van der Waals surface area contributed by atoms with Gasteiger partial charge < -0.3 is 10.4 Å². The van der Waals surface area contributed by atoms with Crippen molar-refractivity contribution in [3.63, 3.8) is 0 Å². The van der Waals surface area contributed by atoms with Crippen LogP contribution in [0.2, 0.25) is 0 Å².